The molecule has 4 nitrogen and oxygen atoms in total. The Morgan fingerprint density at radius 2 is 2.24 bits per heavy atom. The Balaban J connectivity index is 1.92. The summed E-state index contributed by atoms with van der Waals surface area (Å²) in [6.45, 7) is 4.07. The minimum Gasteiger partial charge on any atom is -0.367 e. The van der Waals surface area contributed by atoms with Gasteiger partial charge in [-0.3, -0.25) is 0 Å². The van der Waals surface area contributed by atoms with Crippen molar-refractivity contribution >= 4 is 5.82 Å². The average Bonchev–Trinajstić information content (AvgIpc) is 2.33. The third-order valence-corrected chi connectivity index (χ3v) is 3.74. The number of fused-ring (bicyclic) bond motifs is 1. The molecule has 0 atom stereocenters. The van der Waals surface area contributed by atoms with Gasteiger partial charge < -0.3 is 10.6 Å². The fraction of sp³-hybridized carbons (Fsp3) is 0.692. The number of rotatable bonds is 3. The molecule has 0 bridgehead atoms. The molecule has 0 spiro atoms. The number of aromatic nitrogens is 2. The van der Waals surface area contributed by atoms with Crippen LogP contribution < -0.4 is 10.6 Å². The van der Waals surface area contributed by atoms with Gasteiger partial charge in [0.25, 0.3) is 0 Å². The van der Waals surface area contributed by atoms with Gasteiger partial charge in [-0.25, -0.2) is 9.97 Å². The van der Waals surface area contributed by atoms with Crippen LogP contribution in [0.1, 0.15) is 43.3 Å². The summed E-state index contributed by atoms with van der Waals surface area (Å²) in [6.07, 6.45) is 5.87. The average molecular weight is 232 g/mol. The molecule has 0 radical (unpaired) electrons. The molecule has 0 aromatic carbocycles. The van der Waals surface area contributed by atoms with Crippen LogP contribution in [0.2, 0.25) is 0 Å². The first-order valence-corrected chi connectivity index (χ1v) is 6.72. The molecule has 4 heteroatoms. The molecule has 17 heavy (non-hydrogen) atoms. The standard InChI is InChI=1S/C13H20N4/c1-2-12-16-11-6-7-14-8-10(11)13(17-12)15-9-4-3-5-9/h9,14H,2-8H2,1H3,(H,15,16,17). The lowest BCUT2D eigenvalue weighted by Crippen LogP contribution is -2.31. The maximum Gasteiger partial charge on any atom is 0.134 e. The van der Waals surface area contributed by atoms with Crippen molar-refractivity contribution in [3.05, 3.63) is 17.1 Å². The molecule has 2 heterocycles. The van der Waals surface area contributed by atoms with Crippen molar-refractivity contribution in [2.24, 2.45) is 0 Å². The molecule has 1 fully saturated rings. The zero-order valence-corrected chi connectivity index (χ0v) is 10.4. The van der Waals surface area contributed by atoms with E-state index >= 15 is 0 Å². The summed E-state index contributed by atoms with van der Waals surface area (Å²) in [5.41, 5.74) is 2.54. The minimum atomic E-state index is 0.639. The predicted octanol–water partition coefficient (Wildman–Crippen LogP) is 1.65. The molecule has 3 rings (SSSR count). The number of hydrogen-bond donors (Lipinski definition) is 2. The van der Waals surface area contributed by atoms with Crippen molar-refractivity contribution in [2.45, 2.75) is 51.6 Å². The summed E-state index contributed by atoms with van der Waals surface area (Å²) in [5, 5.41) is 7.00. The van der Waals surface area contributed by atoms with E-state index in [1.807, 2.05) is 0 Å². The third kappa shape index (κ3) is 2.14. The number of aryl methyl sites for hydroxylation is 1. The lowest BCUT2D eigenvalue weighted by molar-refractivity contribution is 0.443. The molecule has 0 unspecified atom stereocenters. The fourth-order valence-electron chi connectivity index (χ4n) is 2.42. The topological polar surface area (TPSA) is 49.8 Å². The van der Waals surface area contributed by atoms with E-state index in [1.165, 1.54) is 30.5 Å². The Kier molecular flexibility index (Phi) is 2.97. The Bertz CT molecular complexity index is 412. The molecular weight excluding hydrogens is 212 g/mol. The van der Waals surface area contributed by atoms with Crippen molar-refractivity contribution in [1.29, 1.82) is 0 Å². The Morgan fingerprint density at radius 1 is 1.35 bits per heavy atom. The van der Waals surface area contributed by atoms with Crippen LogP contribution in [-0.2, 0) is 19.4 Å². The fourth-order valence-corrected chi connectivity index (χ4v) is 2.42. The minimum absolute atomic E-state index is 0.639. The van der Waals surface area contributed by atoms with Gasteiger partial charge in [0.15, 0.2) is 0 Å². The zero-order valence-electron chi connectivity index (χ0n) is 10.4. The lowest BCUT2D eigenvalue weighted by atomic mass is 9.93. The molecule has 1 aromatic rings. The van der Waals surface area contributed by atoms with Gasteiger partial charge in [-0.05, 0) is 19.3 Å². The van der Waals surface area contributed by atoms with Gasteiger partial charge in [-0.1, -0.05) is 6.92 Å². The molecule has 2 aliphatic rings. The van der Waals surface area contributed by atoms with Gasteiger partial charge in [0, 0.05) is 37.5 Å². The van der Waals surface area contributed by atoms with E-state index in [4.69, 9.17) is 0 Å². The van der Waals surface area contributed by atoms with Crippen molar-refractivity contribution in [2.75, 3.05) is 11.9 Å². The Labute approximate surface area is 102 Å². The van der Waals surface area contributed by atoms with E-state index in [-0.39, 0.29) is 0 Å². The van der Waals surface area contributed by atoms with Crippen LogP contribution in [0.5, 0.6) is 0 Å². The third-order valence-electron chi connectivity index (χ3n) is 3.74. The molecular formula is C13H20N4. The van der Waals surface area contributed by atoms with Crippen LogP contribution in [0.15, 0.2) is 0 Å². The van der Waals surface area contributed by atoms with E-state index < -0.39 is 0 Å². The van der Waals surface area contributed by atoms with Crippen LogP contribution in [0.25, 0.3) is 0 Å². The Hall–Kier alpha value is -1.16. The maximum atomic E-state index is 4.66. The molecule has 1 aliphatic carbocycles. The first kappa shape index (κ1) is 11.0. The summed E-state index contributed by atoms with van der Waals surface area (Å²) in [6, 6.07) is 0.639. The second-order valence-electron chi connectivity index (χ2n) is 4.97. The first-order chi connectivity index (χ1) is 8.36. The summed E-state index contributed by atoms with van der Waals surface area (Å²) in [4.78, 5) is 9.32. The molecule has 0 saturated heterocycles. The van der Waals surface area contributed by atoms with Crippen LogP contribution in [-0.4, -0.2) is 22.6 Å². The summed E-state index contributed by atoms with van der Waals surface area (Å²) in [5.74, 6) is 2.07. The van der Waals surface area contributed by atoms with E-state index in [1.54, 1.807) is 0 Å². The monoisotopic (exact) mass is 232 g/mol. The quantitative estimate of drug-likeness (QED) is 0.832. The van der Waals surface area contributed by atoms with Crippen molar-refractivity contribution in [3.63, 3.8) is 0 Å². The van der Waals surface area contributed by atoms with Gasteiger partial charge in [0.2, 0.25) is 0 Å². The van der Waals surface area contributed by atoms with Crippen molar-refractivity contribution < 1.29 is 0 Å². The molecule has 92 valence electrons. The van der Waals surface area contributed by atoms with Gasteiger partial charge in [-0.2, -0.15) is 0 Å². The predicted molar refractivity (Wildman–Crippen MR) is 68.1 cm³/mol. The molecule has 1 aromatic heterocycles. The first-order valence-electron chi connectivity index (χ1n) is 6.72. The second-order valence-corrected chi connectivity index (χ2v) is 4.97. The van der Waals surface area contributed by atoms with Gasteiger partial charge in [-0.15, -0.1) is 0 Å². The molecule has 1 aliphatic heterocycles. The highest BCUT2D eigenvalue weighted by Crippen LogP contribution is 2.26. The van der Waals surface area contributed by atoms with Crippen LogP contribution >= 0.6 is 0 Å². The molecule has 2 N–H and O–H groups in total. The number of hydrogen-bond acceptors (Lipinski definition) is 4. The van der Waals surface area contributed by atoms with Crippen LogP contribution in [0.4, 0.5) is 5.82 Å². The van der Waals surface area contributed by atoms with E-state index in [0.717, 1.165) is 37.6 Å². The largest absolute Gasteiger partial charge is 0.367 e. The highest BCUT2D eigenvalue weighted by molar-refractivity contribution is 5.48. The highest BCUT2D eigenvalue weighted by Gasteiger charge is 2.22. The van der Waals surface area contributed by atoms with E-state index in [0.29, 0.717) is 6.04 Å². The van der Waals surface area contributed by atoms with E-state index in [2.05, 4.69) is 27.5 Å². The summed E-state index contributed by atoms with van der Waals surface area (Å²) in [7, 11) is 0. The van der Waals surface area contributed by atoms with Crippen molar-refractivity contribution in [3.8, 4) is 0 Å². The normalized spacial score (nSPS) is 19.6. The zero-order chi connectivity index (χ0) is 11.7. The van der Waals surface area contributed by atoms with Crippen molar-refractivity contribution in [1.82, 2.24) is 15.3 Å². The van der Waals surface area contributed by atoms with Crippen LogP contribution in [0.3, 0.4) is 0 Å². The smallest absolute Gasteiger partial charge is 0.134 e. The number of nitrogens with one attached hydrogen (secondary N) is 2. The molecule has 1 saturated carbocycles. The Morgan fingerprint density at radius 3 is 2.94 bits per heavy atom. The summed E-state index contributed by atoms with van der Waals surface area (Å²) < 4.78 is 0. The number of nitrogens with zero attached hydrogens (tertiary/aromatic N) is 2. The SMILES string of the molecule is CCc1nc2c(c(NC3CCC3)n1)CNCC2. The summed E-state index contributed by atoms with van der Waals surface area (Å²) >= 11 is 0. The van der Waals surface area contributed by atoms with Gasteiger partial charge in [0.05, 0.1) is 5.69 Å². The van der Waals surface area contributed by atoms with Gasteiger partial charge in [0.1, 0.15) is 11.6 Å². The number of anilines is 1. The molecule has 0 amide bonds. The second kappa shape index (κ2) is 4.61. The lowest BCUT2D eigenvalue weighted by Gasteiger charge is -2.29. The van der Waals surface area contributed by atoms with Gasteiger partial charge >= 0.3 is 0 Å². The maximum absolute atomic E-state index is 4.66. The van der Waals surface area contributed by atoms with E-state index in [9.17, 15) is 0 Å². The van der Waals surface area contributed by atoms with Crippen LogP contribution in [0, 0.1) is 0 Å². The highest BCUT2D eigenvalue weighted by atomic mass is 15.1.